The molecular weight excluding hydrogens is 239 g/mol. The molecule has 4 nitrogen and oxygen atoms in total. The first-order chi connectivity index (χ1) is 8.58. The second kappa shape index (κ2) is 6.74. The number of halogens is 1. The Kier molecular flexibility index (Phi) is 5.30. The molecule has 0 aliphatic heterocycles. The second-order valence-corrected chi connectivity index (χ2v) is 3.57. The van der Waals surface area contributed by atoms with Crippen LogP contribution in [0.2, 0.25) is 0 Å². The van der Waals surface area contributed by atoms with Gasteiger partial charge in [-0.2, -0.15) is 0 Å². The first kappa shape index (κ1) is 14.2. The molecule has 5 heteroatoms. The number of Topliss-reactive ketones (excluding diaryl/α,β-unsaturated/α-hetero) is 1. The van der Waals surface area contributed by atoms with Crippen molar-refractivity contribution in [3.8, 4) is 5.75 Å². The van der Waals surface area contributed by atoms with Gasteiger partial charge >= 0.3 is 5.97 Å². The quantitative estimate of drug-likeness (QED) is 0.577. The number of ether oxygens (including phenoxy) is 2. The Hall–Kier alpha value is -1.91. The van der Waals surface area contributed by atoms with Crippen LogP contribution in [0.5, 0.6) is 5.75 Å². The molecule has 1 aromatic rings. The number of ketones is 1. The van der Waals surface area contributed by atoms with Crippen LogP contribution in [0.25, 0.3) is 0 Å². The van der Waals surface area contributed by atoms with Gasteiger partial charge in [0.25, 0.3) is 0 Å². The molecule has 0 aromatic heterocycles. The summed E-state index contributed by atoms with van der Waals surface area (Å²) < 4.78 is 23.1. The minimum atomic E-state index is -0.650. The molecule has 0 bridgehead atoms. The van der Waals surface area contributed by atoms with Crippen molar-refractivity contribution >= 4 is 11.8 Å². The van der Waals surface area contributed by atoms with Gasteiger partial charge in [-0.15, -0.1) is 0 Å². The van der Waals surface area contributed by atoms with Gasteiger partial charge in [0.1, 0.15) is 11.6 Å². The lowest BCUT2D eigenvalue weighted by Gasteiger charge is -2.05. The van der Waals surface area contributed by atoms with Crippen LogP contribution in [0.15, 0.2) is 18.2 Å². The molecule has 0 saturated heterocycles. The zero-order valence-corrected chi connectivity index (χ0v) is 10.4. The third kappa shape index (κ3) is 3.84. The molecule has 0 aliphatic rings. The van der Waals surface area contributed by atoms with E-state index < -0.39 is 17.6 Å². The van der Waals surface area contributed by atoms with E-state index in [1.807, 2.05) is 0 Å². The lowest BCUT2D eigenvalue weighted by Crippen LogP contribution is -2.09. The topological polar surface area (TPSA) is 52.6 Å². The van der Waals surface area contributed by atoms with E-state index in [0.717, 1.165) is 6.07 Å². The maximum Gasteiger partial charge on any atom is 0.306 e. The molecule has 0 fully saturated rings. The number of methoxy groups -OCH3 is 1. The van der Waals surface area contributed by atoms with Crippen molar-refractivity contribution in [3.05, 3.63) is 29.6 Å². The van der Waals surface area contributed by atoms with E-state index in [1.54, 1.807) is 6.92 Å². The standard InChI is InChI=1S/C13H15FO4/c1-3-18-13(16)7-6-12(15)10-5-4-9(17-2)8-11(10)14/h4-5,8H,3,6-7H2,1-2H3. The van der Waals surface area contributed by atoms with Crippen LogP contribution in [-0.4, -0.2) is 25.5 Å². The van der Waals surface area contributed by atoms with Crippen molar-refractivity contribution in [2.75, 3.05) is 13.7 Å². The third-order valence-electron chi connectivity index (χ3n) is 2.34. The van der Waals surface area contributed by atoms with Crippen molar-refractivity contribution in [2.45, 2.75) is 19.8 Å². The van der Waals surface area contributed by atoms with Gasteiger partial charge in [0.2, 0.25) is 0 Å². The summed E-state index contributed by atoms with van der Waals surface area (Å²) in [7, 11) is 1.41. The van der Waals surface area contributed by atoms with E-state index in [-0.39, 0.29) is 25.0 Å². The molecule has 0 aliphatic carbocycles. The van der Waals surface area contributed by atoms with Gasteiger partial charge in [-0.1, -0.05) is 0 Å². The summed E-state index contributed by atoms with van der Waals surface area (Å²) >= 11 is 0. The van der Waals surface area contributed by atoms with Gasteiger partial charge < -0.3 is 9.47 Å². The van der Waals surface area contributed by atoms with Crippen LogP contribution in [0.3, 0.4) is 0 Å². The average Bonchev–Trinajstić information content (AvgIpc) is 2.36. The van der Waals surface area contributed by atoms with Crippen molar-refractivity contribution in [1.29, 1.82) is 0 Å². The molecule has 0 saturated carbocycles. The van der Waals surface area contributed by atoms with E-state index in [0.29, 0.717) is 5.75 Å². The Bertz CT molecular complexity index is 443. The Labute approximate surface area is 105 Å². The first-order valence-corrected chi connectivity index (χ1v) is 5.60. The predicted molar refractivity (Wildman–Crippen MR) is 63.1 cm³/mol. The van der Waals surface area contributed by atoms with Crippen molar-refractivity contribution in [3.63, 3.8) is 0 Å². The highest BCUT2D eigenvalue weighted by molar-refractivity contribution is 5.97. The number of hydrogen-bond donors (Lipinski definition) is 0. The van der Waals surface area contributed by atoms with Crippen LogP contribution in [0.4, 0.5) is 4.39 Å². The number of rotatable bonds is 6. The fourth-order valence-electron chi connectivity index (χ4n) is 1.43. The molecule has 0 spiro atoms. The van der Waals surface area contributed by atoms with Crippen LogP contribution >= 0.6 is 0 Å². The van der Waals surface area contributed by atoms with Crippen LogP contribution in [0, 0.1) is 5.82 Å². The predicted octanol–water partition coefficient (Wildman–Crippen LogP) is 2.36. The molecule has 0 unspecified atom stereocenters. The van der Waals surface area contributed by atoms with Gasteiger partial charge in [-0.3, -0.25) is 9.59 Å². The minimum absolute atomic E-state index is 0.0416. The van der Waals surface area contributed by atoms with Gasteiger partial charge in [0.15, 0.2) is 5.78 Å². The lowest BCUT2D eigenvalue weighted by molar-refractivity contribution is -0.143. The second-order valence-electron chi connectivity index (χ2n) is 3.57. The molecule has 0 atom stereocenters. The van der Waals surface area contributed by atoms with Crippen LogP contribution < -0.4 is 4.74 Å². The maximum atomic E-state index is 13.5. The zero-order valence-electron chi connectivity index (χ0n) is 10.4. The Morgan fingerprint density at radius 3 is 2.56 bits per heavy atom. The van der Waals surface area contributed by atoms with E-state index >= 15 is 0 Å². The van der Waals surface area contributed by atoms with E-state index in [1.165, 1.54) is 19.2 Å². The summed E-state index contributed by atoms with van der Waals surface area (Å²) in [6.45, 7) is 1.95. The van der Waals surface area contributed by atoms with Gasteiger partial charge in [-0.25, -0.2) is 4.39 Å². The first-order valence-electron chi connectivity index (χ1n) is 5.60. The number of benzene rings is 1. The molecule has 98 valence electrons. The summed E-state index contributed by atoms with van der Waals surface area (Å²) in [6.07, 6.45) is -0.111. The largest absolute Gasteiger partial charge is 0.497 e. The molecule has 0 N–H and O–H groups in total. The fraction of sp³-hybridized carbons (Fsp3) is 0.385. The molecular formula is C13H15FO4. The maximum absolute atomic E-state index is 13.5. The highest BCUT2D eigenvalue weighted by Crippen LogP contribution is 2.18. The minimum Gasteiger partial charge on any atom is -0.497 e. The number of carbonyl (C=O) groups is 2. The van der Waals surface area contributed by atoms with Crippen LogP contribution in [0.1, 0.15) is 30.1 Å². The number of carbonyl (C=O) groups excluding carboxylic acids is 2. The molecule has 0 radical (unpaired) electrons. The van der Waals surface area contributed by atoms with Crippen LogP contribution in [-0.2, 0) is 9.53 Å². The lowest BCUT2D eigenvalue weighted by atomic mass is 10.1. The fourth-order valence-corrected chi connectivity index (χ4v) is 1.43. The van der Waals surface area contributed by atoms with Gasteiger partial charge in [0, 0.05) is 12.5 Å². The van der Waals surface area contributed by atoms with Crippen molar-refractivity contribution in [1.82, 2.24) is 0 Å². The summed E-state index contributed by atoms with van der Waals surface area (Å²) in [5.74, 6) is -1.19. The zero-order chi connectivity index (χ0) is 13.5. The summed E-state index contributed by atoms with van der Waals surface area (Å²) in [6, 6.07) is 3.99. The molecule has 1 rings (SSSR count). The summed E-state index contributed by atoms with van der Waals surface area (Å²) in [4.78, 5) is 22.8. The Morgan fingerprint density at radius 2 is 2.00 bits per heavy atom. The monoisotopic (exact) mass is 254 g/mol. The average molecular weight is 254 g/mol. The molecule has 1 aromatic carbocycles. The molecule has 0 amide bonds. The van der Waals surface area contributed by atoms with Gasteiger partial charge in [0.05, 0.1) is 25.7 Å². The number of hydrogen-bond acceptors (Lipinski definition) is 4. The van der Waals surface area contributed by atoms with Crippen molar-refractivity contribution < 1.29 is 23.5 Å². The summed E-state index contributed by atoms with van der Waals surface area (Å²) in [5.41, 5.74) is -0.0416. The van der Waals surface area contributed by atoms with Crippen molar-refractivity contribution in [2.24, 2.45) is 0 Å². The van der Waals surface area contributed by atoms with E-state index in [9.17, 15) is 14.0 Å². The smallest absolute Gasteiger partial charge is 0.306 e. The Morgan fingerprint density at radius 1 is 1.28 bits per heavy atom. The Balaban J connectivity index is 2.64. The highest BCUT2D eigenvalue weighted by Gasteiger charge is 2.14. The third-order valence-corrected chi connectivity index (χ3v) is 2.34. The molecule has 0 heterocycles. The van der Waals surface area contributed by atoms with E-state index in [4.69, 9.17) is 4.74 Å². The molecule has 18 heavy (non-hydrogen) atoms. The summed E-state index contributed by atoms with van der Waals surface area (Å²) in [5, 5.41) is 0. The number of esters is 1. The van der Waals surface area contributed by atoms with E-state index in [2.05, 4.69) is 4.74 Å². The normalized spacial score (nSPS) is 9.94. The van der Waals surface area contributed by atoms with Gasteiger partial charge in [-0.05, 0) is 19.1 Å². The SMILES string of the molecule is CCOC(=O)CCC(=O)c1ccc(OC)cc1F. The highest BCUT2D eigenvalue weighted by atomic mass is 19.1.